The molecule has 0 radical (unpaired) electrons. The quantitative estimate of drug-likeness (QED) is 0.214. The maximum atomic E-state index is 2.81. The molecule has 4 heteroatoms. The molecule has 2 atom stereocenters. The van der Waals surface area contributed by atoms with E-state index in [9.17, 15) is 0 Å². The Labute approximate surface area is 220 Å². The van der Waals surface area contributed by atoms with Crippen molar-refractivity contribution in [1.82, 2.24) is 4.57 Å². The smallest absolute Gasteiger partial charge is 0.264 e. The maximum absolute atomic E-state index is 2.81. The Morgan fingerprint density at radius 2 is 1.57 bits per heavy atom. The molecule has 1 fully saturated rings. The molecule has 5 heterocycles. The minimum Gasteiger partial charge on any atom is -0.338 e. The van der Waals surface area contributed by atoms with Crippen molar-refractivity contribution in [3.8, 4) is 5.69 Å². The number of aromatic nitrogens is 1. The number of fused-ring (bicyclic) bond motifs is 14. The number of hydrogen-bond acceptors (Lipinski definition) is 2. The molecule has 0 saturated heterocycles. The van der Waals surface area contributed by atoms with Crippen molar-refractivity contribution in [1.29, 1.82) is 0 Å². The van der Waals surface area contributed by atoms with Crippen molar-refractivity contribution in [2.75, 3.05) is 4.90 Å². The molecule has 2 unspecified atom stereocenters. The molecule has 0 spiro atoms. The zero-order valence-corrected chi connectivity index (χ0v) is 21.4. The van der Waals surface area contributed by atoms with Gasteiger partial charge in [-0.1, -0.05) is 73.9 Å². The lowest BCUT2D eigenvalue weighted by Crippen LogP contribution is -2.60. The van der Waals surface area contributed by atoms with Crippen molar-refractivity contribution in [3.63, 3.8) is 0 Å². The lowest BCUT2D eigenvalue weighted by Gasteiger charge is -2.39. The van der Waals surface area contributed by atoms with Crippen LogP contribution in [0, 0.1) is 0 Å². The van der Waals surface area contributed by atoms with Gasteiger partial charge in [0.1, 0.15) is 0 Å². The molecule has 10 rings (SSSR count). The van der Waals surface area contributed by atoms with E-state index in [2.05, 4.69) is 88.3 Å². The average molecular weight is 492 g/mol. The minimum atomic E-state index is 0.302. The first-order valence-corrected chi connectivity index (χ1v) is 14.7. The molecule has 3 aliphatic heterocycles. The van der Waals surface area contributed by atoms with Crippen molar-refractivity contribution in [3.05, 3.63) is 84.4 Å². The fraction of sp³-hybridized carbons (Fsp3) is 0.212. The third kappa shape index (κ3) is 2.19. The van der Waals surface area contributed by atoms with E-state index < -0.39 is 0 Å². The molecular formula is C33H25BN2S. The van der Waals surface area contributed by atoms with E-state index in [1.54, 1.807) is 16.7 Å². The first-order chi connectivity index (χ1) is 18.4. The van der Waals surface area contributed by atoms with Crippen LogP contribution in [0.1, 0.15) is 43.6 Å². The van der Waals surface area contributed by atoms with Gasteiger partial charge in [-0.05, 0) is 53.6 Å². The van der Waals surface area contributed by atoms with Gasteiger partial charge in [-0.3, -0.25) is 0 Å². The van der Waals surface area contributed by atoms with E-state index in [1.807, 2.05) is 11.3 Å². The first-order valence-electron chi connectivity index (χ1n) is 13.9. The van der Waals surface area contributed by atoms with Gasteiger partial charge in [0.25, 0.3) is 6.71 Å². The zero-order chi connectivity index (χ0) is 23.8. The molecule has 6 aromatic rings. The minimum absolute atomic E-state index is 0.302. The molecule has 1 aliphatic carbocycles. The van der Waals surface area contributed by atoms with Crippen LogP contribution < -0.4 is 20.6 Å². The van der Waals surface area contributed by atoms with Crippen molar-refractivity contribution in [2.24, 2.45) is 0 Å². The van der Waals surface area contributed by atoms with Gasteiger partial charge in [0.15, 0.2) is 0 Å². The summed E-state index contributed by atoms with van der Waals surface area (Å²) in [4.78, 5) is 2.81. The highest BCUT2D eigenvalue weighted by Crippen LogP contribution is 2.54. The lowest BCUT2D eigenvalue weighted by atomic mass is 9.36. The third-order valence-electron chi connectivity index (χ3n) is 9.83. The predicted molar refractivity (Wildman–Crippen MR) is 159 cm³/mol. The molecule has 1 saturated carbocycles. The van der Waals surface area contributed by atoms with Gasteiger partial charge in [-0.2, -0.15) is 0 Å². The fourth-order valence-corrected chi connectivity index (χ4v) is 9.82. The highest BCUT2D eigenvalue weighted by atomic mass is 32.1. The molecule has 0 N–H and O–H groups in total. The van der Waals surface area contributed by atoms with Crippen LogP contribution in [-0.2, 0) is 0 Å². The van der Waals surface area contributed by atoms with E-state index in [-0.39, 0.29) is 0 Å². The monoisotopic (exact) mass is 492 g/mol. The van der Waals surface area contributed by atoms with Gasteiger partial charge in [0, 0.05) is 49.0 Å². The van der Waals surface area contributed by atoms with Gasteiger partial charge in [-0.25, -0.2) is 0 Å². The second-order valence-corrected chi connectivity index (χ2v) is 12.5. The number of para-hydroxylation sites is 2. The largest absolute Gasteiger partial charge is 0.338 e. The molecule has 176 valence electrons. The Hall–Kier alpha value is -3.50. The SMILES string of the molecule is c1ccc2c(c1)B1c3sc4ccccc4c3-n3c4ccccc4c4cc5c(c1c43)N2C1CCCCCC51. The summed E-state index contributed by atoms with van der Waals surface area (Å²) in [7, 11) is 0. The Balaban J connectivity index is 1.46. The van der Waals surface area contributed by atoms with Crippen LogP contribution in [-0.4, -0.2) is 17.3 Å². The molecule has 2 aromatic heterocycles. The van der Waals surface area contributed by atoms with Crippen LogP contribution >= 0.6 is 11.3 Å². The molecule has 4 aliphatic rings. The van der Waals surface area contributed by atoms with E-state index in [4.69, 9.17) is 0 Å². The number of benzene rings is 4. The lowest BCUT2D eigenvalue weighted by molar-refractivity contribution is 0.529. The normalized spacial score (nSPS) is 20.9. The summed E-state index contributed by atoms with van der Waals surface area (Å²) in [6.07, 6.45) is 6.70. The van der Waals surface area contributed by atoms with Crippen molar-refractivity contribution >= 4 is 77.0 Å². The van der Waals surface area contributed by atoms with Gasteiger partial charge in [0.05, 0.1) is 16.7 Å². The van der Waals surface area contributed by atoms with Crippen LogP contribution in [0.15, 0.2) is 78.9 Å². The van der Waals surface area contributed by atoms with Gasteiger partial charge < -0.3 is 9.47 Å². The zero-order valence-electron chi connectivity index (χ0n) is 20.6. The Morgan fingerprint density at radius 3 is 2.54 bits per heavy atom. The number of anilines is 2. The van der Waals surface area contributed by atoms with Crippen LogP contribution in [0.4, 0.5) is 11.4 Å². The number of nitrogens with zero attached hydrogens (tertiary/aromatic N) is 2. The molecule has 4 aromatic carbocycles. The van der Waals surface area contributed by atoms with E-state index in [0.717, 1.165) is 0 Å². The molecular weight excluding hydrogens is 467 g/mol. The Kier molecular flexibility index (Phi) is 3.54. The number of rotatable bonds is 0. The second kappa shape index (κ2) is 6.68. The Morgan fingerprint density at radius 1 is 0.757 bits per heavy atom. The molecule has 37 heavy (non-hydrogen) atoms. The summed E-state index contributed by atoms with van der Waals surface area (Å²) in [6.45, 7) is 0.302. The maximum Gasteiger partial charge on any atom is 0.264 e. The highest BCUT2D eigenvalue weighted by Gasteiger charge is 2.50. The number of hydrogen-bond donors (Lipinski definition) is 0. The van der Waals surface area contributed by atoms with Gasteiger partial charge >= 0.3 is 0 Å². The first kappa shape index (κ1) is 19.6. The standard InChI is InChI=1S/C33H25BN2S/c1-2-10-19-22-18-23-20-11-4-7-15-26(20)36-31(23)29-30(22)35(25(19)14-3-1)27-16-8-6-13-24(27)34(29)33-32(36)21-12-5-9-17-28(21)37-33/h4-9,11-13,15-19,25H,1-3,10,14H2. The molecule has 0 bridgehead atoms. The van der Waals surface area contributed by atoms with Gasteiger partial charge in [0.2, 0.25) is 0 Å². The van der Waals surface area contributed by atoms with E-state index in [1.165, 1.54) is 85.6 Å². The Bertz CT molecular complexity index is 1960. The summed E-state index contributed by atoms with van der Waals surface area (Å²) >= 11 is 2.02. The predicted octanol–water partition coefficient (Wildman–Crippen LogP) is 6.71. The highest BCUT2D eigenvalue weighted by molar-refractivity contribution is 7.33. The summed E-state index contributed by atoms with van der Waals surface area (Å²) < 4.78 is 5.56. The molecule has 2 nitrogen and oxygen atoms in total. The second-order valence-electron chi connectivity index (χ2n) is 11.5. The molecule has 0 amide bonds. The average Bonchev–Trinajstić information content (AvgIpc) is 3.51. The van der Waals surface area contributed by atoms with E-state index in [0.29, 0.717) is 18.7 Å². The third-order valence-corrected chi connectivity index (χ3v) is 11.1. The van der Waals surface area contributed by atoms with Crippen LogP contribution in [0.25, 0.3) is 37.6 Å². The summed E-state index contributed by atoms with van der Waals surface area (Å²) in [5, 5.41) is 4.25. The van der Waals surface area contributed by atoms with Crippen molar-refractivity contribution in [2.45, 2.75) is 44.1 Å². The number of thiophene rings is 1. The van der Waals surface area contributed by atoms with Crippen LogP contribution in [0.3, 0.4) is 0 Å². The topological polar surface area (TPSA) is 8.17 Å². The van der Waals surface area contributed by atoms with Crippen LogP contribution in [0.5, 0.6) is 0 Å². The summed E-state index contributed by atoms with van der Waals surface area (Å²) in [5.41, 5.74) is 11.9. The summed E-state index contributed by atoms with van der Waals surface area (Å²) in [6, 6.07) is 30.8. The van der Waals surface area contributed by atoms with Crippen molar-refractivity contribution < 1.29 is 0 Å². The van der Waals surface area contributed by atoms with E-state index >= 15 is 0 Å². The fourth-order valence-electron chi connectivity index (χ4n) is 8.51. The summed E-state index contributed by atoms with van der Waals surface area (Å²) in [5.74, 6) is 0.635. The van der Waals surface area contributed by atoms with Crippen LogP contribution in [0.2, 0.25) is 0 Å². The van der Waals surface area contributed by atoms with Gasteiger partial charge in [-0.15, -0.1) is 11.3 Å².